The molecule has 0 aliphatic heterocycles. The number of furan rings is 1. The third-order valence-corrected chi connectivity index (χ3v) is 7.38. The highest BCUT2D eigenvalue weighted by molar-refractivity contribution is 6.63. The Kier molecular flexibility index (Phi) is 4.31. The van der Waals surface area contributed by atoms with Gasteiger partial charge in [-0.3, -0.25) is 0 Å². The van der Waals surface area contributed by atoms with Crippen LogP contribution in [0.4, 0.5) is 0 Å². The van der Waals surface area contributed by atoms with Gasteiger partial charge in [-0.15, -0.1) is 0 Å². The van der Waals surface area contributed by atoms with E-state index >= 15 is 0 Å². The summed E-state index contributed by atoms with van der Waals surface area (Å²) in [5.41, 5.74) is 7.71. The average Bonchev–Trinajstić information content (AvgIpc) is 3.43. The van der Waals surface area contributed by atoms with Crippen LogP contribution in [0.5, 0.6) is 0 Å². The Morgan fingerprint density at radius 1 is 0.629 bits per heavy atom. The molecule has 2 N–H and O–H groups in total. The molecule has 0 unspecified atom stereocenters. The molecule has 5 aromatic carbocycles. The van der Waals surface area contributed by atoms with Crippen LogP contribution >= 0.6 is 0 Å². The van der Waals surface area contributed by atoms with E-state index in [0.717, 1.165) is 49.7 Å². The number of hydrogen-bond acceptors (Lipinski definition) is 3. The molecule has 3 nitrogen and oxygen atoms in total. The van der Waals surface area contributed by atoms with Crippen LogP contribution in [0.3, 0.4) is 0 Å². The zero-order chi connectivity index (χ0) is 23.6. The van der Waals surface area contributed by atoms with E-state index in [1.165, 1.54) is 0 Å². The van der Waals surface area contributed by atoms with Gasteiger partial charge in [0.25, 0.3) is 0 Å². The first-order valence-electron chi connectivity index (χ1n) is 11.8. The molecule has 0 saturated heterocycles. The molecule has 0 fully saturated rings. The van der Waals surface area contributed by atoms with Crippen molar-refractivity contribution in [1.29, 1.82) is 0 Å². The lowest BCUT2D eigenvalue weighted by Crippen LogP contribution is -2.34. The van der Waals surface area contributed by atoms with Crippen molar-refractivity contribution in [2.24, 2.45) is 0 Å². The minimum Gasteiger partial charge on any atom is -0.455 e. The second-order valence-corrected chi connectivity index (χ2v) is 9.09. The van der Waals surface area contributed by atoms with Gasteiger partial charge in [0.1, 0.15) is 11.2 Å². The van der Waals surface area contributed by atoms with E-state index in [1.54, 1.807) is 0 Å². The molecule has 35 heavy (non-hydrogen) atoms. The molecule has 0 radical (unpaired) electrons. The maximum absolute atomic E-state index is 10.6. The zero-order valence-corrected chi connectivity index (χ0v) is 18.8. The summed E-state index contributed by atoms with van der Waals surface area (Å²) in [6.45, 7) is 0. The summed E-state index contributed by atoms with van der Waals surface area (Å²) in [7, 11) is -1.64. The van der Waals surface area contributed by atoms with Gasteiger partial charge in [0.05, 0.1) is 5.41 Å². The second-order valence-electron chi connectivity index (χ2n) is 9.09. The molecule has 0 spiro atoms. The van der Waals surface area contributed by atoms with Crippen LogP contribution in [0.1, 0.15) is 22.3 Å². The molecule has 0 saturated carbocycles. The molecular formula is C31H21BO3. The van der Waals surface area contributed by atoms with Crippen LogP contribution in [-0.2, 0) is 5.41 Å². The van der Waals surface area contributed by atoms with Crippen LogP contribution in [0.2, 0.25) is 0 Å². The molecule has 0 amide bonds. The van der Waals surface area contributed by atoms with Crippen LogP contribution in [0, 0.1) is 0 Å². The fourth-order valence-electron chi connectivity index (χ4n) is 6.04. The second kappa shape index (κ2) is 7.44. The highest BCUT2D eigenvalue weighted by atomic mass is 16.4. The van der Waals surface area contributed by atoms with Crippen molar-refractivity contribution in [3.63, 3.8) is 0 Å². The van der Waals surface area contributed by atoms with Gasteiger partial charge in [0.2, 0.25) is 0 Å². The summed E-state index contributed by atoms with van der Waals surface area (Å²) < 4.78 is 6.49. The smallest absolute Gasteiger partial charge is 0.455 e. The van der Waals surface area contributed by atoms with E-state index in [4.69, 9.17) is 4.42 Å². The van der Waals surface area contributed by atoms with E-state index in [1.807, 2.05) is 42.5 Å². The van der Waals surface area contributed by atoms with E-state index < -0.39 is 12.5 Å². The topological polar surface area (TPSA) is 53.6 Å². The molecule has 7 rings (SSSR count). The maximum Gasteiger partial charge on any atom is 0.489 e. The molecule has 1 aliphatic carbocycles. The van der Waals surface area contributed by atoms with Crippen LogP contribution < -0.4 is 5.46 Å². The Morgan fingerprint density at radius 2 is 1.23 bits per heavy atom. The van der Waals surface area contributed by atoms with Crippen molar-refractivity contribution < 1.29 is 14.5 Å². The summed E-state index contributed by atoms with van der Waals surface area (Å²) in [6.07, 6.45) is 0. The lowest BCUT2D eigenvalue weighted by Gasteiger charge is -2.34. The Morgan fingerprint density at radius 3 is 1.91 bits per heavy atom. The molecule has 4 heteroatoms. The minimum absolute atomic E-state index is 0.452. The number of fused-ring (bicyclic) bond motifs is 7. The van der Waals surface area contributed by atoms with Gasteiger partial charge < -0.3 is 14.5 Å². The van der Waals surface area contributed by atoms with Gasteiger partial charge in [-0.25, -0.2) is 0 Å². The first-order chi connectivity index (χ1) is 17.2. The highest BCUT2D eigenvalue weighted by Gasteiger charge is 2.48. The van der Waals surface area contributed by atoms with Gasteiger partial charge in [-0.2, -0.15) is 0 Å². The zero-order valence-electron chi connectivity index (χ0n) is 18.8. The Bertz CT molecular complexity index is 1680. The van der Waals surface area contributed by atoms with Crippen molar-refractivity contribution in [2.75, 3.05) is 0 Å². The molecule has 1 aromatic heterocycles. The van der Waals surface area contributed by atoms with E-state index in [9.17, 15) is 10.0 Å². The number of rotatable bonds is 3. The Labute approximate surface area is 203 Å². The van der Waals surface area contributed by atoms with Gasteiger partial charge in [-0.05, 0) is 39.3 Å². The molecule has 166 valence electrons. The van der Waals surface area contributed by atoms with Crippen molar-refractivity contribution >= 4 is 34.5 Å². The van der Waals surface area contributed by atoms with Gasteiger partial charge in [0.15, 0.2) is 0 Å². The monoisotopic (exact) mass is 452 g/mol. The summed E-state index contributed by atoms with van der Waals surface area (Å²) in [5.74, 6) is 0. The largest absolute Gasteiger partial charge is 0.489 e. The van der Waals surface area contributed by atoms with Crippen molar-refractivity contribution in [1.82, 2.24) is 0 Å². The fraction of sp³-hybridized carbons (Fsp3) is 0.0323. The first kappa shape index (κ1) is 20.3. The maximum atomic E-state index is 10.6. The highest BCUT2D eigenvalue weighted by Crippen LogP contribution is 2.58. The standard InChI is InChI=1S/C31H21BO3/c33-32(34)26-19-25-28(30-29(26)23-16-8-10-18-27(23)35-30)22-15-7-9-17-24(22)31(25,20-11-3-1-4-12-20)21-13-5-2-6-14-21/h1-19,33-34H. The molecule has 0 bridgehead atoms. The normalized spacial score (nSPS) is 13.7. The van der Waals surface area contributed by atoms with E-state index in [0.29, 0.717) is 11.0 Å². The van der Waals surface area contributed by atoms with Crippen LogP contribution in [0.25, 0.3) is 33.1 Å². The Hall–Kier alpha value is -4.12. The minimum atomic E-state index is -1.64. The average molecular weight is 452 g/mol. The van der Waals surface area contributed by atoms with E-state index in [-0.39, 0.29) is 0 Å². The van der Waals surface area contributed by atoms with Gasteiger partial charge in [-0.1, -0.05) is 109 Å². The predicted octanol–water partition coefficient (Wildman–Crippen LogP) is 5.63. The van der Waals surface area contributed by atoms with Gasteiger partial charge >= 0.3 is 7.12 Å². The third kappa shape index (κ3) is 2.64. The predicted molar refractivity (Wildman–Crippen MR) is 141 cm³/mol. The van der Waals surface area contributed by atoms with Gasteiger partial charge in [0, 0.05) is 16.3 Å². The van der Waals surface area contributed by atoms with Crippen molar-refractivity contribution in [2.45, 2.75) is 5.41 Å². The van der Waals surface area contributed by atoms with Crippen LogP contribution in [0.15, 0.2) is 120 Å². The quantitative estimate of drug-likeness (QED) is 0.342. The summed E-state index contributed by atoms with van der Waals surface area (Å²) in [4.78, 5) is 0. The lowest BCUT2D eigenvalue weighted by molar-refractivity contribution is 0.426. The fourth-order valence-corrected chi connectivity index (χ4v) is 6.04. The number of benzene rings is 5. The Balaban J connectivity index is 1.75. The molecule has 1 heterocycles. The number of hydrogen-bond donors (Lipinski definition) is 2. The molecule has 0 atom stereocenters. The van der Waals surface area contributed by atoms with Crippen LogP contribution in [-0.4, -0.2) is 17.2 Å². The third-order valence-electron chi connectivity index (χ3n) is 7.38. The van der Waals surface area contributed by atoms with Crippen molar-refractivity contribution in [3.8, 4) is 11.1 Å². The lowest BCUT2D eigenvalue weighted by atomic mass is 9.66. The SMILES string of the molecule is OB(O)c1cc2c(c3oc4ccccc4c13)-c1ccccc1C2(c1ccccc1)c1ccccc1. The molecular weight excluding hydrogens is 431 g/mol. The summed E-state index contributed by atoms with van der Waals surface area (Å²) in [5, 5.41) is 22.8. The summed E-state index contributed by atoms with van der Waals surface area (Å²) >= 11 is 0. The summed E-state index contributed by atoms with van der Waals surface area (Å²) in [6, 6.07) is 39.1. The number of para-hydroxylation sites is 1. The molecule has 1 aliphatic rings. The molecule has 6 aromatic rings. The first-order valence-corrected chi connectivity index (χ1v) is 11.8. The van der Waals surface area contributed by atoms with Crippen molar-refractivity contribution in [3.05, 3.63) is 138 Å². The van der Waals surface area contributed by atoms with E-state index in [2.05, 4.69) is 72.8 Å².